The van der Waals surface area contributed by atoms with Gasteiger partial charge in [-0.2, -0.15) is 18.3 Å². The summed E-state index contributed by atoms with van der Waals surface area (Å²) in [4.78, 5) is 11.7. The third kappa shape index (κ3) is 4.02. The minimum atomic E-state index is -4.50. The fourth-order valence-electron chi connectivity index (χ4n) is 1.97. The van der Waals surface area contributed by atoms with E-state index in [1.54, 1.807) is 20.0 Å². The number of carbonyl (C=O) groups excluding carboxylic acids is 1. The lowest BCUT2D eigenvalue weighted by Crippen LogP contribution is -2.26. The van der Waals surface area contributed by atoms with Crippen molar-refractivity contribution < 1.29 is 18.0 Å². The van der Waals surface area contributed by atoms with E-state index in [2.05, 4.69) is 15.7 Å². The van der Waals surface area contributed by atoms with E-state index in [0.717, 1.165) is 18.2 Å². The minimum absolute atomic E-state index is 0.0364. The van der Waals surface area contributed by atoms with Crippen molar-refractivity contribution in [1.82, 2.24) is 15.1 Å². The van der Waals surface area contributed by atoms with Crippen molar-refractivity contribution >= 4 is 23.3 Å². The summed E-state index contributed by atoms with van der Waals surface area (Å²) < 4.78 is 39.8. The number of amides is 1. The average molecular weight is 347 g/mol. The smallest absolute Gasteiger partial charge is 0.311 e. The van der Waals surface area contributed by atoms with Crippen LogP contribution in [0, 0.1) is 6.92 Å². The summed E-state index contributed by atoms with van der Waals surface area (Å²) in [7, 11) is 1.60. The Hall–Kier alpha value is -2.06. The first-order chi connectivity index (χ1) is 10.7. The van der Waals surface area contributed by atoms with Crippen LogP contribution in [0.15, 0.2) is 24.3 Å². The summed E-state index contributed by atoms with van der Waals surface area (Å²) in [5, 5.41) is 9.45. The second-order valence-electron chi connectivity index (χ2n) is 4.83. The van der Waals surface area contributed by atoms with Gasteiger partial charge in [0.15, 0.2) is 0 Å². The molecule has 0 aliphatic rings. The van der Waals surface area contributed by atoms with E-state index in [-0.39, 0.29) is 29.0 Å². The lowest BCUT2D eigenvalue weighted by atomic mass is 10.2. The van der Waals surface area contributed by atoms with Crippen molar-refractivity contribution in [3.05, 3.63) is 40.5 Å². The molecule has 2 N–H and O–H groups in total. The molecule has 0 aliphatic carbocycles. The number of carbonyl (C=O) groups is 1. The fraction of sp³-hybridized carbons (Fsp3) is 0.286. The summed E-state index contributed by atoms with van der Waals surface area (Å²) in [6.07, 6.45) is -4.50. The monoisotopic (exact) mass is 346 g/mol. The van der Waals surface area contributed by atoms with Gasteiger partial charge < -0.3 is 10.6 Å². The molecule has 0 radical (unpaired) electrons. The average Bonchev–Trinajstić information content (AvgIpc) is 2.78. The molecule has 23 heavy (non-hydrogen) atoms. The van der Waals surface area contributed by atoms with Crippen LogP contribution < -0.4 is 10.6 Å². The molecule has 0 fully saturated rings. The van der Waals surface area contributed by atoms with Gasteiger partial charge in [0.05, 0.1) is 28.5 Å². The number of anilines is 1. The summed E-state index contributed by atoms with van der Waals surface area (Å²) in [5.74, 6) is -0.110. The van der Waals surface area contributed by atoms with Gasteiger partial charge in [-0.15, -0.1) is 0 Å². The lowest BCUT2D eigenvalue weighted by molar-refractivity contribution is -0.137. The maximum absolute atomic E-state index is 12.9. The van der Waals surface area contributed by atoms with E-state index in [1.807, 2.05) is 0 Å². The van der Waals surface area contributed by atoms with Crippen LogP contribution in [0.3, 0.4) is 0 Å². The van der Waals surface area contributed by atoms with Crippen LogP contribution >= 0.6 is 11.6 Å². The van der Waals surface area contributed by atoms with Gasteiger partial charge in [0.1, 0.15) is 5.82 Å². The molecular formula is C14H14ClF3N4O. The Bertz CT molecular complexity index is 727. The predicted molar refractivity (Wildman–Crippen MR) is 80.9 cm³/mol. The molecular weight excluding hydrogens is 333 g/mol. The van der Waals surface area contributed by atoms with E-state index in [1.165, 1.54) is 4.68 Å². The number of benzene rings is 1. The number of halogens is 4. The molecule has 0 saturated carbocycles. The third-order valence-electron chi connectivity index (χ3n) is 2.94. The molecule has 0 bridgehead atoms. The molecule has 0 atom stereocenters. The number of rotatable bonds is 4. The van der Waals surface area contributed by atoms with Gasteiger partial charge in [-0.1, -0.05) is 11.6 Å². The van der Waals surface area contributed by atoms with Gasteiger partial charge in [0, 0.05) is 6.07 Å². The summed E-state index contributed by atoms with van der Waals surface area (Å²) in [5.41, 5.74) is -0.287. The Morgan fingerprint density at radius 2 is 2.04 bits per heavy atom. The highest BCUT2D eigenvalue weighted by molar-refractivity contribution is 6.32. The van der Waals surface area contributed by atoms with Crippen molar-refractivity contribution in [2.75, 3.05) is 18.9 Å². The third-order valence-corrected chi connectivity index (χ3v) is 3.26. The highest BCUT2D eigenvalue weighted by Crippen LogP contribution is 2.34. The molecule has 5 nitrogen and oxygen atoms in total. The lowest BCUT2D eigenvalue weighted by Gasteiger charge is -2.13. The highest BCUT2D eigenvalue weighted by atomic mass is 35.5. The quantitative estimate of drug-likeness (QED) is 0.894. The molecule has 0 unspecified atom stereocenters. The number of likely N-dealkylation sites (N-methyl/N-ethyl adjacent to an activating group) is 1. The minimum Gasteiger partial charge on any atom is -0.311 e. The van der Waals surface area contributed by atoms with Crippen LogP contribution in [0.2, 0.25) is 5.02 Å². The summed E-state index contributed by atoms with van der Waals surface area (Å²) in [6, 6.07) is 4.48. The zero-order chi connectivity index (χ0) is 17.2. The second-order valence-corrected chi connectivity index (χ2v) is 5.23. The van der Waals surface area contributed by atoms with Crippen LogP contribution in [-0.4, -0.2) is 29.3 Å². The van der Waals surface area contributed by atoms with Crippen LogP contribution in [0.5, 0.6) is 0 Å². The van der Waals surface area contributed by atoms with Gasteiger partial charge in [0.25, 0.3) is 0 Å². The van der Waals surface area contributed by atoms with Crippen LogP contribution in [0.1, 0.15) is 11.3 Å². The molecule has 2 aromatic rings. The van der Waals surface area contributed by atoms with Gasteiger partial charge in [0.2, 0.25) is 5.91 Å². The van der Waals surface area contributed by atoms with Crippen molar-refractivity contribution in [2.45, 2.75) is 13.1 Å². The molecule has 0 aliphatic heterocycles. The summed E-state index contributed by atoms with van der Waals surface area (Å²) >= 11 is 6.01. The number of hydrogen-bond acceptors (Lipinski definition) is 3. The number of nitrogens with one attached hydrogen (secondary N) is 2. The van der Waals surface area contributed by atoms with E-state index < -0.39 is 11.7 Å². The standard InChI is InChI=1S/C14H14ClF3N4O/c1-8-5-12(20-13(23)7-19-2)22(21-8)11-6-9(14(16,17)18)3-4-10(11)15/h3-6,19H,7H2,1-2H3,(H,20,23). The number of aromatic nitrogens is 2. The Morgan fingerprint density at radius 3 is 2.65 bits per heavy atom. The van der Waals surface area contributed by atoms with Crippen LogP contribution in [0.4, 0.5) is 19.0 Å². The van der Waals surface area contributed by atoms with Crippen LogP contribution in [-0.2, 0) is 11.0 Å². The van der Waals surface area contributed by atoms with Gasteiger partial charge in [-0.25, -0.2) is 4.68 Å². The highest BCUT2D eigenvalue weighted by Gasteiger charge is 2.31. The molecule has 2 rings (SSSR count). The van der Waals surface area contributed by atoms with E-state index >= 15 is 0 Å². The Labute approximate surface area is 135 Å². The number of hydrogen-bond donors (Lipinski definition) is 2. The van der Waals surface area contributed by atoms with E-state index in [9.17, 15) is 18.0 Å². The van der Waals surface area contributed by atoms with Gasteiger partial charge in [-0.3, -0.25) is 4.79 Å². The van der Waals surface area contributed by atoms with Crippen molar-refractivity contribution in [1.29, 1.82) is 0 Å². The first kappa shape index (κ1) is 17.3. The zero-order valence-electron chi connectivity index (χ0n) is 12.3. The first-order valence-corrected chi connectivity index (χ1v) is 6.98. The Morgan fingerprint density at radius 1 is 1.35 bits per heavy atom. The largest absolute Gasteiger partial charge is 0.416 e. The molecule has 1 aromatic heterocycles. The Balaban J connectivity index is 2.48. The second kappa shape index (κ2) is 6.59. The van der Waals surface area contributed by atoms with E-state index in [4.69, 9.17) is 11.6 Å². The first-order valence-electron chi connectivity index (χ1n) is 6.60. The molecule has 124 valence electrons. The molecule has 1 aromatic carbocycles. The number of alkyl halides is 3. The molecule has 9 heteroatoms. The summed E-state index contributed by atoms with van der Waals surface area (Å²) in [6.45, 7) is 1.71. The zero-order valence-corrected chi connectivity index (χ0v) is 13.1. The maximum Gasteiger partial charge on any atom is 0.416 e. The molecule has 1 heterocycles. The van der Waals surface area contributed by atoms with Gasteiger partial charge in [-0.05, 0) is 32.2 Å². The molecule has 1 amide bonds. The number of nitrogens with zero attached hydrogens (tertiary/aromatic N) is 2. The normalized spacial score (nSPS) is 11.6. The topological polar surface area (TPSA) is 59.0 Å². The van der Waals surface area contributed by atoms with Crippen molar-refractivity contribution in [2.24, 2.45) is 0 Å². The van der Waals surface area contributed by atoms with E-state index in [0.29, 0.717) is 5.69 Å². The molecule has 0 saturated heterocycles. The Kier molecular flexibility index (Phi) is 4.96. The SMILES string of the molecule is CNCC(=O)Nc1cc(C)nn1-c1cc(C(F)(F)F)ccc1Cl. The maximum atomic E-state index is 12.9. The fourth-order valence-corrected chi connectivity index (χ4v) is 2.17. The van der Waals surface area contributed by atoms with Crippen molar-refractivity contribution in [3.63, 3.8) is 0 Å². The predicted octanol–water partition coefficient (Wildman–Crippen LogP) is 3.01. The van der Waals surface area contributed by atoms with Gasteiger partial charge >= 0.3 is 6.18 Å². The molecule has 0 spiro atoms. The van der Waals surface area contributed by atoms with Crippen molar-refractivity contribution in [3.8, 4) is 5.69 Å². The number of aryl methyl sites for hydroxylation is 1. The van der Waals surface area contributed by atoms with Crippen LogP contribution in [0.25, 0.3) is 5.69 Å².